The molecule has 2 N–H and O–H groups in total. The first-order valence-corrected chi connectivity index (χ1v) is 3.27. The van der Waals surface area contributed by atoms with Crippen LogP contribution in [0.25, 0.3) is 0 Å². The number of aliphatic hydroxyl groups excluding tert-OH is 1. The van der Waals surface area contributed by atoms with Crippen LogP contribution in [-0.4, -0.2) is 24.3 Å². The minimum atomic E-state index is -0.192. The van der Waals surface area contributed by atoms with Crippen molar-refractivity contribution >= 4 is 0 Å². The summed E-state index contributed by atoms with van der Waals surface area (Å²) in [6.07, 6.45) is 2.43. The highest BCUT2D eigenvalue weighted by molar-refractivity contribution is 4.69. The zero-order valence-electron chi connectivity index (χ0n) is 5.93. The second-order valence-electron chi connectivity index (χ2n) is 2.13. The van der Waals surface area contributed by atoms with E-state index in [0.717, 1.165) is 19.5 Å². The minimum Gasteiger partial charge on any atom is -0.393 e. The maximum absolute atomic E-state index is 8.79. The highest BCUT2D eigenvalue weighted by Crippen LogP contribution is 1.84. The summed E-state index contributed by atoms with van der Waals surface area (Å²) < 4.78 is 0. The predicted molar refractivity (Wildman–Crippen MR) is 39.4 cm³/mol. The van der Waals surface area contributed by atoms with Gasteiger partial charge in [0.05, 0.1) is 6.10 Å². The van der Waals surface area contributed by atoms with E-state index >= 15 is 0 Å². The number of nitrogens with one attached hydrogen (secondary N) is 1. The van der Waals surface area contributed by atoms with E-state index in [1.165, 1.54) is 0 Å². The molecule has 2 heteroatoms. The molecule has 2 nitrogen and oxygen atoms in total. The fraction of sp³-hybridized carbons (Fsp3) is 0.714. The number of aliphatic hydroxyl groups is 1. The molecule has 0 radical (unpaired) electrons. The molecule has 0 saturated carbocycles. The molecule has 0 aromatic rings. The van der Waals surface area contributed by atoms with E-state index in [0.29, 0.717) is 0 Å². The van der Waals surface area contributed by atoms with Crippen LogP contribution in [-0.2, 0) is 0 Å². The molecule has 54 valence electrons. The van der Waals surface area contributed by atoms with Gasteiger partial charge in [-0.05, 0) is 19.9 Å². The highest BCUT2D eigenvalue weighted by atomic mass is 16.3. The van der Waals surface area contributed by atoms with Gasteiger partial charge in [0.2, 0.25) is 0 Å². The zero-order valence-corrected chi connectivity index (χ0v) is 5.93. The standard InChI is InChI=1S/C7H15NO/c1-3-5-8-6-4-7(2)9/h3,7-9H,1,4-6H2,2H3. The van der Waals surface area contributed by atoms with Gasteiger partial charge in [-0.25, -0.2) is 0 Å². The third-order valence-corrected chi connectivity index (χ3v) is 1.03. The topological polar surface area (TPSA) is 32.3 Å². The monoisotopic (exact) mass is 129 g/mol. The van der Waals surface area contributed by atoms with Crippen molar-refractivity contribution in [3.8, 4) is 0 Å². The van der Waals surface area contributed by atoms with Gasteiger partial charge in [0.25, 0.3) is 0 Å². The Morgan fingerprint density at radius 3 is 2.89 bits per heavy atom. The summed E-state index contributed by atoms with van der Waals surface area (Å²) in [6, 6.07) is 0. The Balaban J connectivity index is 2.82. The fourth-order valence-electron chi connectivity index (χ4n) is 0.515. The molecule has 9 heavy (non-hydrogen) atoms. The van der Waals surface area contributed by atoms with E-state index in [9.17, 15) is 0 Å². The van der Waals surface area contributed by atoms with Gasteiger partial charge in [0.1, 0.15) is 0 Å². The van der Waals surface area contributed by atoms with Crippen LogP contribution < -0.4 is 5.32 Å². The van der Waals surface area contributed by atoms with Crippen LogP contribution in [0.2, 0.25) is 0 Å². The van der Waals surface area contributed by atoms with E-state index < -0.39 is 0 Å². The molecule has 0 amide bonds. The molecule has 0 spiro atoms. The molecule has 1 atom stereocenters. The smallest absolute Gasteiger partial charge is 0.0524 e. The van der Waals surface area contributed by atoms with Crippen molar-refractivity contribution in [1.82, 2.24) is 5.32 Å². The number of rotatable bonds is 5. The van der Waals surface area contributed by atoms with E-state index in [-0.39, 0.29) is 6.10 Å². The summed E-state index contributed by atoms with van der Waals surface area (Å²) >= 11 is 0. The molecule has 0 heterocycles. The lowest BCUT2D eigenvalue weighted by molar-refractivity contribution is 0.184. The van der Waals surface area contributed by atoms with Gasteiger partial charge in [-0.15, -0.1) is 6.58 Å². The summed E-state index contributed by atoms with van der Waals surface area (Å²) in [7, 11) is 0. The molecule has 0 rings (SSSR count). The Kier molecular flexibility index (Phi) is 5.57. The average molecular weight is 129 g/mol. The van der Waals surface area contributed by atoms with Crippen LogP contribution in [0.15, 0.2) is 12.7 Å². The zero-order chi connectivity index (χ0) is 7.11. The van der Waals surface area contributed by atoms with Crippen LogP contribution in [0.5, 0.6) is 0 Å². The Morgan fingerprint density at radius 2 is 2.44 bits per heavy atom. The van der Waals surface area contributed by atoms with Crippen molar-refractivity contribution in [3.63, 3.8) is 0 Å². The summed E-state index contributed by atoms with van der Waals surface area (Å²) in [5.74, 6) is 0. The van der Waals surface area contributed by atoms with Gasteiger partial charge in [0.15, 0.2) is 0 Å². The van der Waals surface area contributed by atoms with Crippen LogP contribution >= 0.6 is 0 Å². The highest BCUT2D eigenvalue weighted by Gasteiger charge is 1.91. The van der Waals surface area contributed by atoms with E-state index in [2.05, 4.69) is 11.9 Å². The van der Waals surface area contributed by atoms with Crippen LogP contribution in [0.4, 0.5) is 0 Å². The molecule has 1 unspecified atom stereocenters. The van der Waals surface area contributed by atoms with Crippen molar-refractivity contribution in [2.75, 3.05) is 13.1 Å². The van der Waals surface area contributed by atoms with Gasteiger partial charge < -0.3 is 10.4 Å². The lowest BCUT2D eigenvalue weighted by Crippen LogP contribution is -2.18. The lowest BCUT2D eigenvalue weighted by Gasteiger charge is -2.02. The molecule has 0 aliphatic rings. The Hall–Kier alpha value is -0.340. The predicted octanol–water partition coefficient (Wildman–Crippen LogP) is 0.533. The largest absolute Gasteiger partial charge is 0.393 e. The molecule has 0 saturated heterocycles. The first-order chi connectivity index (χ1) is 4.27. The van der Waals surface area contributed by atoms with Crippen LogP contribution in [0, 0.1) is 0 Å². The summed E-state index contributed by atoms with van der Waals surface area (Å²) in [5, 5.41) is 11.9. The number of hydrogen-bond donors (Lipinski definition) is 2. The van der Waals surface area contributed by atoms with Gasteiger partial charge in [-0.2, -0.15) is 0 Å². The summed E-state index contributed by atoms with van der Waals surface area (Å²) in [4.78, 5) is 0. The third-order valence-electron chi connectivity index (χ3n) is 1.03. The van der Waals surface area contributed by atoms with Crippen molar-refractivity contribution < 1.29 is 5.11 Å². The Morgan fingerprint density at radius 1 is 1.78 bits per heavy atom. The first-order valence-electron chi connectivity index (χ1n) is 3.27. The number of hydrogen-bond acceptors (Lipinski definition) is 2. The first kappa shape index (κ1) is 8.66. The van der Waals surface area contributed by atoms with E-state index in [4.69, 9.17) is 5.11 Å². The van der Waals surface area contributed by atoms with Crippen LogP contribution in [0.3, 0.4) is 0 Å². The van der Waals surface area contributed by atoms with Gasteiger partial charge >= 0.3 is 0 Å². The van der Waals surface area contributed by atoms with Crippen molar-refractivity contribution in [1.29, 1.82) is 0 Å². The molecule has 0 aliphatic carbocycles. The Bertz CT molecular complexity index is 71.3. The van der Waals surface area contributed by atoms with Crippen molar-refractivity contribution in [2.45, 2.75) is 19.4 Å². The summed E-state index contributed by atoms with van der Waals surface area (Å²) in [5.41, 5.74) is 0. The van der Waals surface area contributed by atoms with Crippen LogP contribution in [0.1, 0.15) is 13.3 Å². The van der Waals surface area contributed by atoms with E-state index in [1.54, 1.807) is 6.92 Å². The fourth-order valence-corrected chi connectivity index (χ4v) is 0.515. The third kappa shape index (κ3) is 7.66. The maximum Gasteiger partial charge on any atom is 0.0524 e. The van der Waals surface area contributed by atoms with Crippen molar-refractivity contribution in [3.05, 3.63) is 12.7 Å². The van der Waals surface area contributed by atoms with E-state index in [1.807, 2.05) is 6.08 Å². The SMILES string of the molecule is C=CCNCCC(C)O. The molecule has 0 aliphatic heterocycles. The molecular formula is C7H15NO. The van der Waals surface area contributed by atoms with Gasteiger partial charge in [0, 0.05) is 6.54 Å². The summed E-state index contributed by atoms with van der Waals surface area (Å²) in [6.45, 7) is 7.03. The Labute approximate surface area is 56.6 Å². The average Bonchev–Trinajstić information content (AvgIpc) is 1.80. The normalized spacial score (nSPS) is 13.1. The van der Waals surface area contributed by atoms with Crippen molar-refractivity contribution in [2.24, 2.45) is 0 Å². The lowest BCUT2D eigenvalue weighted by atomic mass is 10.3. The molecule has 0 aromatic carbocycles. The van der Waals surface area contributed by atoms with Gasteiger partial charge in [-0.1, -0.05) is 6.08 Å². The maximum atomic E-state index is 8.79. The quantitative estimate of drug-likeness (QED) is 0.419. The molecule has 0 aromatic heterocycles. The molecular weight excluding hydrogens is 114 g/mol. The second kappa shape index (κ2) is 5.79. The van der Waals surface area contributed by atoms with Gasteiger partial charge in [-0.3, -0.25) is 0 Å². The second-order valence-corrected chi connectivity index (χ2v) is 2.13. The molecule has 0 fully saturated rings. The molecule has 0 bridgehead atoms. The minimum absolute atomic E-state index is 0.192.